The van der Waals surface area contributed by atoms with Crippen LogP contribution >= 0.6 is 0 Å². The summed E-state index contributed by atoms with van der Waals surface area (Å²) in [6.07, 6.45) is 0.892. The molecule has 0 saturated carbocycles. The molecule has 1 heterocycles. The van der Waals surface area contributed by atoms with Gasteiger partial charge in [-0.15, -0.1) is 15.3 Å². The number of phenols is 1. The van der Waals surface area contributed by atoms with Crippen LogP contribution in [0.3, 0.4) is 0 Å². The summed E-state index contributed by atoms with van der Waals surface area (Å²) in [4.78, 5) is 22.1. The first-order chi connectivity index (χ1) is 11.0. The zero-order valence-electron chi connectivity index (χ0n) is 12.0. The minimum absolute atomic E-state index is 0.0840. The van der Waals surface area contributed by atoms with Crippen LogP contribution in [0.15, 0.2) is 40.7 Å². The SMILES string of the molecule is COC(=O)c1cnnc(/N=N/c2ccc(O)c(CC(=O)O)c2)c1. The summed E-state index contributed by atoms with van der Waals surface area (Å²) in [6, 6.07) is 5.52. The van der Waals surface area contributed by atoms with Crippen LogP contribution in [0.5, 0.6) is 5.75 Å². The Hall–Kier alpha value is -3.36. The van der Waals surface area contributed by atoms with Gasteiger partial charge in [-0.25, -0.2) is 4.79 Å². The Balaban J connectivity index is 2.23. The third kappa shape index (κ3) is 4.30. The van der Waals surface area contributed by atoms with Crippen LogP contribution in [0, 0.1) is 0 Å². The molecule has 9 nitrogen and oxygen atoms in total. The highest BCUT2D eigenvalue weighted by Gasteiger charge is 2.09. The van der Waals surface area contributed by atoms with Crippen LogP contribution < -0.4 is 0 Å². The number of esters is 1. The maximum absolute atomic E-state index is 11.4. The number of azo groups is 1. The van der Waals surface area contributed by atoms with Gasteiger partial charge in [-0.2, -0.15) is 5.10 Å². The van der Waals surface area contributed by atoms with Crippen molar-refractivity contribution < 1.29 is 24.5 Å². The highest BCUT2D eigenvalue weighted by molar-refractivity contribution is 5.89. The molecular weight excluding hydrogens is 304 g/mol. The molecule has 0 fully saturated rings. The first-order valence-corrected chi connectivity index (χ1v) is 6.36. The van der Waals surface area contributed by atoms with Crippen molar-refractivity contribution in [1.82, 2.24) is 10.2 Å². The predicted molar refractivity (Wildman–Crippen MR) is 77.0 cm³/mol. The van der Waals surface area contributed by atoms with Gasteiger partial charge in [0.15, 0.2) is 5.82 Å². The van der Waals surface area contributed by atoms with E-state index in [0.717, 1.165) is 0 Å². The standard InChI is InChI=1S/C14H12N4O5/c1-23-14(22)9-5-12(17-15-7-9)18-16-10-2-3-11(19)8(4-10)6-13(20)21/h2-5,7,19H,6H2,1H3,(H,20,21)/b18-16+. The molecular formula is C14H12N4O5. The smallest absolute Gasteiger partial charge is 0.339 e. The number of benzene rings is 1. The molecule has 0 atom stereocenters. The molecule has 0 spiro atoms. The topological polar surface area (TPSA) is 134 Å². The lowest BCUT2D eigenvalue weighted by atomic mass is 10.1. The summed E-state index contributed by atoms with van der Waals surface area (Å²) in [7, 11) is 1.24. The first-order valence-electron chi connectivity index (χ1n) is 6.36. The lowest BCUT2D eigenvalue weighted by Gasteiger charge is -2.02. The monoisotopic (exact) mass is 316 g/mol. The second-order valence-electron chi connectivity index (χ2n) is 4.38. The molecule has 0 bridgehead atoms. The zero-order valence-corrected chi connectivity index (χ0v) is 12.0. The maximum Gasteiger partial charge on any atom is 0.339 e. The lowest BCUT2D eigenvalue weighted by molar-refractivity contribution is -0.136. The molecule has 2 N–H and O–H groups in total. The van der Waals surface area contributed by atoms with Crippen molar-refractivity contribution in [3.63, 3.8) is 0 Å². The number of hydrogen-bond donors (Lipinski definition) is 2. The van der Waals surface area contributed by atoms with Crippen molar-refractivity contribution in [2.24, 2.45) is 10.2 Å². The van der Waals surface area contributed by atoms with Crippen molar-refractivity contribution >= 4 is 23.4 Å². The number of aromatic nitrogens is 2. The Bertz CT molecular complexity index is 776. The van der Waals surface area contributed by atoms with Crippen LogP contribution in [0.2, 0.25) is 0 Å². The maximum atomic E-state index is 11.4. The van der Waals surface area contributed by atoms with E-state index in [1.807, 2.05) is 0 Å². The normalized spacial score (nSPS) is 10.7. The second kappa shape index (κ2) is 7.07. The largest absolute Gasteiger partial charge is 0.508 e. The number of ether oxygens (including phenoxy) is 1. The summed E-state index contributed by atoms with van der Waals surface area (Å²) >= 11 is 0. The number of carbonyl (C=O) groups is 2. The minimum Gasteiger partial charge on any atom is -0.508 e. The van der Waals surface area contributed by atoms with E-state index >= 15 is 0 Å². The van der Waals surface area contributed by atoms with Gasteiger partial charge < -0.3 is 14.9 Å². The van der Waals surface area contributed by atoms with E-state index in [1.54, 1.807) is 0 Å². The van der Waals surface area contributed by atoms with Gasteiger partial charge in [0.05, 0.1) is 31.0 Å². The second-order valence-corrected chi connectivity index (χ2v) is 4.38. The molecule has 0 amide bonds. The molecule has 2 rings (SSSR count). The van der Waals surface area contributed by atoms with Gasteiger partial charge in [-0.3, -0.25) is 4.79 Å². The Kier molecular flexibility index (Phi) is 4.92. The number of methoxy groups -OCH3 is 1. The van der Waals surface area contributed by atoms with Crippen molar-refractivity contribution in [2.75, 3.05) is 7.11 Å². The van der Waals surface area contributed by atoms with Crippen LogP contribution in [-0.2, 0) is 16.0 Å². The van der Waals surface area contributed by atoms with Gasteiger partial charge in [0, 0.05) is 11.6 Å². The molecule has 1 aromatic carbocycles. The fraction of sp³-hybridized carbons (Fsp3) is 0.143. The number of hydrogen-bond acceptors (Lipinski definition) is 8. The summed E-state index contributed by atoms with van der Waals surface area (Å²) in [6.45, 7) is 0. The minimum atomic E-state index is -1.08. The van der Waals surface area contributed by atoms with Crippen molar-refractivity contribution in [3.8, 4) is 5.75 Å². The van der Waals surface area contributed by atoms with Gasteiger partial charge in [0.25, 0.3) is 0 Å². The number of phenolic OH excluding ortho intramolecular Hbond substituents is 1. The van der Waals surface area contributed by atoms with Gasteiger partial charge >= 0.3 is 11.9 Å². The molecule has 0 aliphatic carbocycles. The highest BCUT2D eigenvalue weighted by Crippen LogP contribution is 2.25. The van der Waals surface area contributed by atoms with Crippen LogP contribution in [0.1, 0.15) is 15.9 Å². The summed E-state index contributed by atoms with van der Waals surface area (Å²) in [5.41, 5.74) is 0.710. The van der Waals surface area contributed by atoms with Crippen molar-refractivity contribution in [3.05, 3.63) is 41.6 Å². The quantitative estimate of drug-likeness (QED) is 0.636. The number of aliphatic carboxylic acids is 1. The number of carboxylic acid groups (broad SMARTS) is 1. The zero-order chi connectivity index (χ0) is 16.8. The third-order valence-electron chi connectivity index (χ3n) is 2.74. The first kappa shape index (κ1) is 16.0. The van der Waals surface area contributed by atoms with E-state index < -0.39 is 11.9 Å². The average molecular weight is 316 g/mol. The molecule has 118 valence electrons. The summed E-state index contributed by atoms with van der Waals surface area (Å²) in [5, 5.41) is 33.4. The Morgan fingerprint density at radius 1 is 1.26 bits per heavy atom. The van der Waals surface area contributed by atoms with E-state index in [2.05, 4.69) is 25.2 Å². The predicted octanol–water partition coefficient (Wildman–Crippen LogP) is 2.01. The Morgan fingerprint density at radius 3 is 2.74 bits per heavy atom. The average Bonchev–Trinajstić information content (AvgIpc) is 2.54. The highest BCUT2D eigenvalue weighted by atomic mass is 16.5. The summed E-state index contributed by atoms with van der Waals surface area (Å²) in [5.74, 6) is -1.71. The van der Waals surface area contributed by atoms with E-state index in [0.29, 0.717) is 5.69 Å². The molecule has 0 saturated heterocycles. The van der Waals surface area contributed by atoms with E-state index in [9.17, 15) is 14.7 Å². The third-order valence-corrected chi connectivity index (χ3v) is 2.74. The van der Waals surface area contributed by atoms with Crippen LogP contribution in [0.4, 0.5) is 11.5 Å². The molecule has 9 heteroatoms. The Labute approximate surface area is 130 Å². The molecule has 1 aromatic heterocycles. The molecule has 23 heavy (non-hydrogen) atoms. The molecule has 0 radical (unpaired) electrons. The molecule has 0 aliphatic rings. The number of rotatable bonds is 5. The number of nitrogens with zero attached hydrogens (tertiary/aromatic N) is 4. The van der Waals surface area contributed by atoms with Gasteiger partial charge in [0.1, 0.15) is 5.75 Å². The van der Waals surface area contributed by atoms with E-state index in [-0.39, 0.29) is 29.1 Å². The van der Waals surface area contributed by atoms with E-state index in [4.69, 9.17) is 5.11 Å². The van der Waals surface area contributed by atoms with Gasteiger partial charge in [-0.05, 0) is 18.2 Å². The van der Waals surface area contributed by atoms with Gasteiger partial charge in [-0.1, -0.05) is 0 Å². The summed E-state index contributed by atoms with van der Waals surface area (Å²) < 4.78 is 4.56. The van der Waals surface area contributed by atoms with Crippen molar-refractivity contribution in [2.45, 2.75) is 6.42 Å². The molecule has 2 aromatic rings. The van der Waals surface area contributed by atoms with E-state index in [1.165, 1.54) is 37.6 Å². The fourth-order valence-corrected chi connectivity index (χ4v) is 1.68. The lowest BCUT2D eigenvalue weighted by Crippen LogP contribution is -2.01. The molecule has 0 aliphatic heterocycles. The number of carbonyl (C=O) groups excluding carboxylic acids is 1. The Morgan fingerprint density at radius 2 is 2.04 bits per heavy atom. The van der Waals surface area contributed by atoms with Crippen LogP contribution in [0.25, 0.3) is 0 Å². The van der Waals surface area contributed by atoms with Crippen molar-refractivity contribution in [1.29, 1.82) is 0 Å². The number of carboxylic acids is 1. The van der Waals surface area contributed by atoms with Crippen LogP contribution in [-0.4, -0.2) is 39.5 Å². The fourth-order valence-electron chi connectivity index (χ4n) is 1.68. The van der Waals surface area contributed by atoms with Gasteiger partial charge in [0.2, 0.25) is 0 Å². The molecule has 0 unspecified atom stereocenters. The number of aromatic hydroxyl groups is 1.